The Balaban J connectivity index is 1.54. The molecule has 1 aliphatic heterocycles. The Bertz CT molecular complexity index is 1460. The molecule has 0 spiro atoms. The van der Waals surface area contributed by atoms with E-state index in [1.54, 1.807) is 30.3 Å². The maximum absolute atomic E-state index is 12.6. The SMILES string of the molecule is C[C@@H]1CCN(c2cc(-c3ccccc3O)nnc2N)CCN1c1ccc(C#N)c(C#CCN(C)CC(F)(F)F)n1. The predicted molar refractivity (Wildman–Crippen MR) is 147 cm³/mol. The summed E-state index contributed by atoms with van der Waals surface area (Å²) >= 11 is 0. The third kappa shape index (κ3) is 6.90. The van der Waals surface area contributed by atoms with Crippen molar-refractivity contribution in [2.45, 2.75) is 25.6 Å². The fourth-order valence-corrected chi connectivity index (χ4v) is 4.52. The number of benzene rings is 1. The van der Waals surface area contributed by atoms with Gasteiger partial charge in [0.1, 0.15) is 23.3 Å². The summed E-state index contributed by atoms with van der Waals surface area (Å²) in [5.41, 5.74) is 8.46. The number of phenols is 1. The van der Waals surface area contributed by atoms with E-state index in [1.807, 2.05) is 12.1 Å². The molecule has 208 valence electrons. The first-order chi connectivity index (χ1) is 19.1. The number of pyridine rings is 1. The summed E-state index contributed by atoms with van der Waals surface area (Å²) in [7, 11) is 1.33. The standard InChI is InChI=1S/C28H29F3N8O/c1-19-11-13-38(24-16-23(35-36-27(24)33)21-6-3-4-8-25(21)40)14-15-39(19)26-10-9-20(17-32)22(34-26)7-5-12-37(2)18-28(29,30)31/h3-4,6,8-10,16,19,40H,11-15,18H2,1-2H3,(H2,33,36)/t19-/m1/s1. The van der Waals surface area contributed by atoms with Crippen molar-refractivity contribution in [2.24, 2.45) is 0 Å². The highest BCUT2D eigenvalue weighted by Crippen LogP contribution is 2.32. The molecule has 1 aliphatic rings. The van der Waals surface area contributed by atoms with Crippen LogP contribution in [-0.4, -0.2) is 77.2 Å². The van der Waals surface area contributed by atoms with Crippen LogP contribution in [0.4, 0.5) is 30.5 Å². The van der Waals surface area contributed by atoms with Gasteiger partial charge in [-0.1, -0.05) is 18.1 Å². The molecule has 3 N–H and O–H groups in total. The molecule has 0 saturated carbocycles. The van der Waals surface area contributed by atoms with Crippen LogP contribution in [-0.2, 0) is 0 Å². The molecule has 40 heavy (non-hydrogen) atoms. The first-order valence-electron chi connectivity index (χ1n) is 12.6. The lowest BCUT2D eigenvalue weighted by molar-refractivity contribution is -0.141. The van der Waals surface area contributed by atoms with E-state index in [2.05, 4.69) is 49.8 Å². The normalized spacial score (nSPS) is 15.8. The topological polar surface area (TPSA) is 118 Å². The summed E-state index contributed by atoms with van der Waals surface area (Å²) in [5.74, 6) is 6.48. The lowest BCUT2D eigenvalue weighted by atomic mass is 10.1. The Hall–Kier alpha value is -4.55. The number of phenolic OH excluding ortho intramolecular Hbond substituents is 1. The maximum atomic E-state index is 12.6. The van der Waals surface area contributed by atoms with E-state index >= 15 is 0 Å². The highest BCUT2D eigenvalue weighted by atomic mass is 19.4. The van der Waals surface area contributed by atoms with E-state index in [4.69, 9.17) is 5.73 Å². The summed E-state index contributed by atoms with van der Waals surface area (Å²) < 4.78 is 37.8. The second-order valence-electron chi connectivity index (χ2n) is 9.60. The third-order valence-corrected chi connectivity index (χ3v) is 6.58. The van der Waals surface area contributed by atoms with Crippen LogP contribution in [0.3, 0.4) is 0 Å². The van der Waals surface area contributed by atoms with Crippen LogP contribution in [0.2, 0.25) is 0 Å². The van der Waals surface area contributed by atoms with Crippen molar-refractivity contribution in [3.63, 3.8) is 0 Å². The molecular formula is C28H29F3N8O. The van der Waals surface area contributed by atoms with E-state index in [0.717, 1.165) is 11.3 Å². The molecule has 1 aromatic carbocycles. The van der Waals surface area contributed by atoms with Gasteiger partial charge in [0.2, 0.25) is 0 Å². The zero-order chi connectivity index (χ0) is 28.9. The minimum Gasteiger partial charge on any atom is -0.507 e. The fraction of sp³-hybridized carbons (Fsp3) is 0.357. The molecule has 0 radical (unpaired) electrons. The number of anilines is 3. The predicted octanol–water partition coefficient (Wildman–Crippen LogP) is 3.65. The summed E-state index contributed by atoms with van der Waals surface area (Å²) in [6, 6.07) is 14.2. The van der Waals surface area contributed by atoms with Crippen LogP contribution in [0.15, 0.2) is 42.5 Å². The number of alkyl halides is 3. The quantitative estimate of drug-likeness (QED) is 0.459. The van der Waals surface area contributed by atoms with Gasteiger partial charge in [-0.3, -0.25) is 4.90 Å². The monoisotopic (exact) mass is 550 g/mol. The number of aromatic nitrogens is 3. The Labute approximate surface area is 230 Å². The molecule has 0 bridgehead atoms. The lowest BCUT2D eigenvalue weighted by Gasteiger charge is -2.28. The van der Waals surface area contributed by atoms with Gasteiger partial charge >= 0.3 is 6.18 Å². The minimum absolute atomic E-state index is 0.0813. The van der Waals surface area contributed by atoms with Crippen molar-refractivity contribution in [2.75, 3.05) is 55.3 Å². The largest absolute Gasteiger partial charge is 0.507 e. The van der Waals surface area contributed by atoms with E-state index in [1.165, 1.54) is 7.05 Å². The average molecular weight is 551 g/mol. The number of nitriles is 1. The van der Waals surface area contributed by atoms with Crippen LogP contribution < -0.4 is 15.5 Å². The number of nitrogens with two attached hydrogens (primary N) is 1. The average Bonchev–Trinajstić information content (AvgIpc) is 3.10. The molecule has 0 aliphatic carbocycles. The second-order valence-corrected chi connectivity index (χ2v) is 9.60. The van der Waals surface area contributed by atoms with Gasteiger partial charge in [0.15, 0.2) is 5.82 Å². The Morgan fingerprint density at radius 3 is 2.65 bits per heavy atom. The van der Waals surface area contributed by atoms with Gasteiger partial charge in [-0.2, -0.15) is 18.4 Å². The number of halogens is 3. The summed E-state index contributed by atoms with van der Waals surface area (Å²) in [6.07, 6.45) is -3.55. The first kappa shape index (κ1) is 28.5. The zero-order valence-corrected chi connectivity index (χ0v) is 22.2. The zero-order valence-electron chi connectivity index (χ0n) is 22.2. The van der Waals surface area contributed by atoms with Crippen LogP contribution in [0.25, 0.3) is 11.3 Å². The molecule has 0 unspecified atom stereocenters. The van der Waals surface area contributed by atoms with E-state index in [0.29, 0.717) is 42.4 Å². The Morgan fingerprint density at radius 2 is 1.93 bits per heavy atom. The van der Waals surface area contributed by atoms with Gasteiger partial charge in [-0.25, -0.2) is 4.98 Å². The number of nitrogen functional groups attached to an aromatic ring is 1. The molecule has 2 aromatic heterocycles. The Morgan fingerprint density at radius 1 is 1.15 bits per heavy atom. The summed E-state index contributed by atoms with van der Waals surface area (Å²) in [6.45, 7) is 2.73. The van der Waals surface area contributed by atoms with Crippen molar-refractivity contribution < 1.29 is 18.3 Å². The summed E-state index contributed by atoms with van der Waals surface area (Å²) in [5, 5.41) is 28.1. The van der Waals surface area contributed by atoms with Crippen molar-refractivity contribution in [1.82, 2.24) is 20.1 Å². The van der Waals surface area contributed by atoms with Gasteiger partial charge in [0.25, 0.3) is 0 Å². The first-order valence-corrected chi connectivity index (χ1v) is 12.6. The smallest absolute Gasteiger partial charge is 0.401 e. The van der Waals surface area contributed by atoms with Crippen LogP contribution >= 0.6 is 0 Å². The van der Waals surface area contributed by atoms with Crippen molar-refractivity contribution in [3.8, 4) is 34.9 Å². The highest BCUT2D eigenvalue weighted by Gasteiger charge is 2.29. The number of rotatable bonds is 5. The molecule has 9 nitrogen and oxygen atoms in total. The molecular weight excluding hydrogens is 521 g/mol. The number of aromatic hydroxyl groups is 1. The third-order valence-electron chi connectivity index (χ3n) is 6.58. The van der Waals surface area contributed by atoms with Gasteiger partial charge in [-0.15, -0.1) is 10.2 Å². The van der Waals surface area contributed by atoms with Gasteiger partial charge in [-0.05, 0) is 56.6 Å². The number of hydrogen-bond donors (Lipinski definition) is 2. The van der Waals surface area contributed by atoms with Crippen LogP contribution in [0, 0.1) is 23.2 Å². The molecule has 4 rings (SSSR count). The van der Waals surface area contributed by atoms with E-state index in [-0.39, 0.29) is 35.4 Å². The number of hydrogen-bond acceptors (Lipinski definition) is 9. The van der Waals surface area contributed by atoms with Crippen molar-refractivity contribution in [1.29, 1.82) is 5.26 Å². The van der Waals surface area contributed by atoms with Gasteiger partial charge in [0.05, 0.1) is 30.0 Å². The molecule has 3 aromatic rings. The van der Waals surface area contributed by atoms with Crippen molar-refractivity contribution >= 4 is 17.3 Å². The van der Waals surface area contributed by atoms with Gasteiger partial charge in [0, 0.05) is 31.2 Å². The lowest BCUT2D eigenvalue weighted by Crippen LogP contribution is -2.35. The molecule has 3 heterocycles. The van der Waals surface area contributed by atoms with E-state index < -0.39 is 12.7 Å². The molecule has 1 fully saturated rings. The highest BCUT2D eigenvalue weighted by molar-refractivity contribution is 5.74. The maximum Gasteiger partial charge on any atom is 0.401 e. The molecule has 1 saturated heterocycles. The second kappa shape index (κ2) is 12.1. The number of para-hydroxylation sites is 1. The fourth-order valence-electron chi connectivity index (χ4n) is 4.52. The van der Waals surface area contributed by atoms with E-state index in [9.17, 15) is 23.5 Å². The number of nitrogens with zero attached hydrogens (tertiary/aromatic N) is 7. The van der Waals surface area contributed by atoms with Crippen LogP contribution in [0.1, 0.15) is 24.6 Å². The minimum atomic E-state index is -4.31. The molecule has 1 atom stereocenters. The Kier molecular flexibility index (Phi) is 8.61. The van der Waals surface area contributed by atoms with Gasteiger partial charge < -0.3 is 20.6 Å². The molecule has 0 amide bonds. The van der Waals surface area contributed by atoms with Crippen molar-refractivity contribution in [3.05, 3.63) is 53.7 Å². The summed E-state index contributed by atoms with van der Waals surface area (Å²) in [4.78, 5) is 9.88. The molecule has 12 heteroatoms. The van der Waals surface area contributed by atoms with Crippen LogP contribution in [0.5, 0.6) is 5.75 Å².